The average Bonchev–Trinajstić information content (AvgIpc) is 3.04. The van der Waals surface area contributed by atoms with E-state index < -0.39 is 0 Å². The Labute approximate surface area is 151 Å². The molecule has 0 aliphatic heterocycles. The molecule has 7 heteroatoms. The average molecular weight is 352 g/mol. The third-order valence-corrected chi connectivity index (χ3v) is 3.71. The van der Waals surface area contributed by atoms with Crippen molar-refractivity contribution in [2.75, 3.05) is 26.1 Å². The van der Waals surface area contributed by atoms with E-state index in [4.69, 9.17) is 9.47 Å². The number of benzene rings is 2. The number of amides is 1. The Bertz CT molecular complexity index is 903. The van der Waals surface area contributed by atoms with Crippen molar-refractivity contribution >= 4 is 11.6 Å². The van der Waals surface area contributed by atoms with Crippen molar-refractivity contribution in [1.29, 1.82) is 0 Å². The largest absolute Gasteiger partial charge is 0.497 e. The number of hydrogen-bond acceptors (Lipinski definition) is 5. The lowest BCUT2D eigenvalue weighted by Crippen LogP contribution is -2.17. The number of nitrogens with one attached hydrogen (secondary N) is 1. The molecule has 1 aromatic heterocycles. The number of nitrogens with zero attached hydrogens (tertiary/aromatic N) is 3. The molecular formula is C19H20N4O3. The third-order valence-electron chi connectivity index (χ3n) is 3.71. The van der Waals surface area contributed by atoms with Crippen LogP contribution in [0.3, 0.4) is 0 Å². The van der Waals surface area contributed by atoms with E-state index in [2.05, 4.69) is 15.4 Å². The fourth-order valence-electron chi connectivity index (χ4n) is 2.57. The van der Waals surface area contributed by atoms with Crippen LogP contribution in [0.5, 0.6) is 5.75 Å². The van der Waals surface area contributed by atoms with Gasteiger partial charge >= 0.3 is 0 Å². The number of carbonyl (C=O) groups is 1. The smallest absolute Gasteiger partial charge is 0.250 e. The molecule has 0 bridgehead atoms. The number of anilines is 1. The van der Waals surface area contributed by atoms with Crippen molar-refractivity contribution in [1.82, 2.24) is 14.8 Å². The van der Waals surface area contributed by atoms with Gasteiger partial charge in [0.2, 0.25) is 5.91 Å². The van der Waals surface area contributed by atoms with Crippen LogP contribution in [0.1, 0.15) is 5.82 Å². The molecule has 0 atom stereocenters. The molecule has 0 aliphatic rings. The SMILES string of the molecule is COCC(=O)Nc1cccc(-c2nc(C)nn2-c2ccc(OC)cc2)c1. The summed E-state index contributed by atoms with van der Waals surface area (Å²) in [5.41, 5.74) is 2.39. The molecule has 2 aromatic carbocycles. The number of methoxy groups -OCH3 is 2. The summed E-state index contributed by atoms with van der Waals surface area (Å²) >= 11 is 0. The highest BCUT2D eigenvalue weighted by Crippen LogP contribution is 2.25. The number of aromatic nitrogens is 3. The maximum atomic E-state index is 11.7. The highest BCUT2D eigenvalue weighted by atomic mass is 16.5. The van der Waals surface area contributed by atoms with Crippen molar-refractivity contribution in [2.24, 2.45) is 0 Å². The van der Waals surface area contributed by atoms with E-state index in [1.165, 1.54) is 7.11 Å². The number of rotatable bonds is 6. The summed E-state index contributed by atoms with van der Waals surface area (Å²) < 4.78 is 11.8. The van der Waals surface area contributed by atoms with E-state index in [1.54, 1.807) is 11.8 Å². The van der Waals surface area contributed by atoms with Crippen molar-refractivity contribution in [3.63, 3.8) is 0 Å². The van der Waals surface area contributed by atoms with E-state index in [9.17, 15) is 4.79 Å². The standard InChI is InChI=1S/C19H20N4O3/c1-13-20-19(23(22-13)16-7-9-17(26-3)10-8-16)14-5-4-6-15(11-14)21-18(24)12-25-2/h4-11H,12H2,1-3H3,(H,21,24). The molecule has 7 nitrogen and oxygen atoms in total. The Morgan fingerprint density at radius 1 is 1.15 bits per heavy atom. The minimum absolute atomic E-state index is 0.00532. The molecule has 0 saturated heterocycles. The van der Waals surface area contributed by atoms with Crippen molar-refractivity contribution in [3.05, 3.63) is 54.4 Å². The normalized spacial score (nSPS) is 10.6. The van der Waals surface area contributed by atoms with E-state index in [0.29, 0.717) is 17.3 Å². The lowest BCUT2D eigenvalue weighted by Gasteiger charge is -2.09. The van der Waals surface area contributed by atoms with Crippen LogP contribution in [-0.4, -0.2) is 41.5 Å². The highest BCUT2D eigenvalue weighted by molar-refractivity contribution is 5.92. The summed E-state index contributed by atoms with van der Waals surface area (Å²) in [6.07, 6.45) is 0. The van der Waals surface area contributed by atoms with E-state index in [1.807, 2.05) is 55.5 Å². The second-order valence-corrected chi connectivity index (χ2v) is 5.65. The summed E-state index contributed by atoms with van der Waals surface area (Å²) in [5.74, 6) is 1.91. The molecule has 1 heterocycles. The van der Waals surface area contributed by atoms with Crippen LogP contribution < -0.4 is 10.1 Å². The molecule has 1 N–H and O–H groups in total. The van der Waals surface area contributed by atoms with Crippen LogP contribution in [0.4, 0.5) is 5.69 Å². The number of ether oxygens (including phenoxy) is 2. The lowest BCUT2D eigenvalue weighted by atomic mass is 10.2. The van der Waals surface area contributed by atoms with Gasteiger partial charge in [-0.15, -0.1) is 0 Å². The van der Waals surface area contributed by atoms with Crippen molar-refractivity contribution in [3.8, 4) is 22.8 Å². The molecule has 3 aromatic rings. The second kappa shape index (κ2) is 7.79. The maximum Gasteiger partial charge on any atom is 0.250 e. The van der Waals surface area contributed by atoms with Gasteiger partial charge in [-0.05, 0) is 43.3 Å². The molecule has 0 aliphatic carbocycles. The lowest BCUT2D eigenvalue weighted by molar-refractivity contribution is -0.119. The van der Waals surface area contributed by atoms with Gasteiger partial charge in [0.15, 0.2) is 5.82 Å². The Morgan fingerprint density at radius 2 is 1.92 bits per heavy atom. The monoisotopic (exact) mass is 352 g/mol. The Kier molecular flexibility index (Phi) is 5.28. The van der Waals surface area contributed by atoms with Gasteiger partial charge in [0.05, 0.1) is 12.8 Å². The Hall–Kier alpha value is -3.19. The van der Waals surface area contributed by atoms with Gasteiger partial charge in [-0.3, -0.25) is 4.79 Å². The van der Waals surface area contributed by atoms with Crippen molar-refractivity contribution in [2.45, 2.75) is 6.92 Å². The minimum atomic E-state index is -0.211. The van der Waals surface area contributed by atoms with Gasteiger partial charge in [-0.25, -0.2) is 9.67 Å². The predicted molar refractivity (Wildman–Crippen MR) is 98.6 cm³/mol. The summed E-state index contributed by atoms with van der Waals surface area (Å²) in [6, 6.07) is 15.0. The summed E-state index contributed by atoms with van der Waals surface area (Å²) in [7, 11) is 3.11. The first-order valence-electron chi connectivity index (χ1n) is 8.08. The van der Waals surface area contributed by atoms with Crippen LogP contribution in [0, 0.1) is 6.92 Å². The summed E-state index contributed by atoms with van der Waals surface area (Å²) in [5, 5.41) is 7.29. The fourth-order valence-corrected chi connectivity index (χ4v) is 2.57. The molecule has 0 spiro atoms. The third kappa shape index (κ3) is 3.89. The minimum Gasteiger partial charge on any atom is -0.497 e. The summed E-state index contributed by atoms with van der Waals surface area (Å²) in [4.78, 5) is 16.3. The van der Waals surface area contributed by atoms with E-state index in [-0.39, 0.29) is 12.5 Å². The molecular weight excluding hydrogens is 332 g/mol. The summed E-state index contributed by atoms with van der Waals surface area (Å²) in [6.45, 7) is 1.85. The second-order valence-electron chi connectivity index (χ2n) is 5.65. The molecule has 0 saturated carbocycles. The fraction of sp³-hybridized carbons (Fsp3) is 0.211. The van der Waals surface area contributed by atoms with Crippen molar-refractivity contribution < 1.29 is 14.3 Å². The van der Waals surface area contributed by atoms with Gasteiger partial charge in [0.1, 0.15) is 18.2 Å². The molecule has 1 amide bonds. The van der Waals surface area contributed by atoms with Gasteiger partial charge in [0, 0.05) is 18.4 Å². The molecule has 3 rings (SSSR count). The quantitative estimate of drug-likeness (QED) is 0.738. The molecule has 0 radical (unpaired) electrons. The molecule has 0 fully saturated rings. The van der Waals surface area contributed by atoms with E-state index >= 15 is 0 Å². The van der Waals surface area contributed by atoms with Gasteiger partial charge in [-0.2, -0.15) is 5.10 Å². The topological polar surface area (TPSA) is 78.3 Å². The van der Waals surface area contributed by atoms with E-state index in [0.717, 1.165) is 17.0 Å². The van der Waals surface area contributed by atoms with Crippen LogP contribution in [0.15, 0.2) is 48.5 Å². The number of carbonyl (C=O) groups excluding carboxylic acids is 1. The zero-order valence-corrected chi connectivity index (χ0v) is 14.9. The Balaban J connectivity index is 1.95. The van der Waals surface area contributed by atoms with Gasteiger partial charge < -0.3 is 14.8 Å². The first-order chi connectivity index (χ1) is 12.6. The predicted octanol–water partition coefficient (Wildman–Crippen LogP) is 2.84. The van der Waals surface area contributed by atoms with Gasteiger partial charge in [0.25, 0.3) is 0 Å². The molecule has 0 unspecified atom stereocenters. The Morgan fingerprint density at radius 3 is 2.62 bits per heavy atom. The van der Waals surface area contributed by atoms with Crippen LogP contribution in [-0.2, 0) is 9.53 Å². The maximum absolute atomic E-state index is 11.7. The van der Waals surface area contributed by atoms with Gasteiger partial charge in [-0.1, -0.05) is 12.1 Å². The van der Waals surface area contributed by atoms with Crippen LogP contribution in [0.25, 0.3) is 17.1 Å². The number of aryl methyl sites for hydroxylation is 1. The highest BCUT2D eigenvalue weighted by Gasteiger charge is 2.13. The first kappa shape index (κ1) is 17.6. The molecule has 134 valence electrons. The zero-order chi connectivity index (χ0) is 18.5. The first-order valence-corrected chi connectivity index (χ1v) is 8.08. The van der Waals surface area contributed by atoms with Crippen LogP contribution >= 0.6 is 0 Å². The van der Waals surface area contributed by atoms with Crippen LogP contribution in [0.2, 0.25) is 0 Å². The zero-order valence-electron chi connectivity index (χ0n) is 14.9. The molecule has 26 heavy (non-hydrogen) atoms. The number of hydrogen-bond donors (Lipinski definition) is 1.